The molecule has 6 nitrogen and oxygen atoms in total. The van der Waals surface area contributed by atoms with E-state index < -0.39 is 0 Å². The van der Waals surface area contributed by atoms with Crippen molar-refractivity contribution in [1.29, 1.82) is 0 Å². The zero-order chi connectivity index (χ0) is 17.8. The average molecular weight is 332 g/mol. The van der Waals surface area contributed by atoms with Gasteiger partial charge in [0.2, 0.25) is 0 Å². The summed E-state index contributed by atoms with van der Waals surface area (Å²) in [5, 5.41) is 7.66. The van der Waals surface area contributed by atoms with Crippen molar-refractivity contribution in [3.63, 3.8) is 0 Å². The summed E-state index contributed by atoms with van der Waals surface area (Å²) < 4.78 is 1.90. The van der Waals surface area contributed by atoms with Gasteiger partial charge in [-0.2, -0.15) is 5.10 Å². The van der Waals surface area contributed by atoms with Gasteiger partial charge in [-0.05, 0) is 32.2 Å². The van der Waals surface area contributed by atoms with E-state index in [1.54, 1.807) is 0 Å². The van der Waals surface area contributed by atoms with Gasteiger partial charge in [0, 0.05) is 16.6 Å². The molecule has 6 heteroatoms. The molecular weight excluding hydrogens is 312 g/mol. The number of benzene rings is 2. The molecule has 0 aliphatic rings. The van der Waals surface area contributed by atoms with Gasteiger partial charge in [0.15, 0.2) is 5.65 Å². The lowest BCUT2D eigenvalue weighted by Crippen LogP contribution is -2.23. The van der Waals surface area contributed by atoms with Crippen LogP contribution in [0.5, 0.6) is 0 Å². The van der Waals surface area contributed by atoms with Crippen molar-refractivity contribution in [3.05, 3.63) is 42.7 Å². The van der Waals surface area contributed by atoms with E-state index in [1.807, 2.05) is 41.1 Å². The van der Waals surface area contributed by atoms with Crippen molar-refractivity contribution in [2.45, 2.75) is 26.3 Å². The van der Waals surface area contributed by atoms with E-state index in [0.29, 0.717) is 5.82 Å². The van der Waals surface area contributed by atoms with Crippen molar-refractivity contribution in [1.82, 2.24) is 19.7 Å². The highest BCUT2D eigenvalue weighted by Gasteiger charge is 2.24. The highest BCUT2D eigenvalue weighted by molar-refractivity contribution is 6.08. The van der Waals surface area contributed by atoms with Crippen molar-refractivity contribution in [3.8, 4) is 11.3 Å². The normalized spacial score (nSPS) is 12.1. The Morgan fingerprint density at radius 2 is 1.64 bits per heavy atom. The van der Waals surface area contributed by atoms with Crippen LogP contribution in [0.3, 0.4) is 0 Å². The third kappa shape index (κ3) is 2.29. The van der Waals surface area contributed by atoms with Crippen LogP contribution < -0.4 is 11.5 Å². The summed E-state index contributed by atoms with van der Waals surface area (Å²) in [4.78, 5) is 8.61. The second-order valence-electron chi connectivity index (χ2n) is 7.14. The predicted molar refractivity (Wildman–Crippen MR) is 102 cm³/mol. The van der Waals surface area contributed by atoms with Crippen molar-refractivity contribution >= 4 is 33.3 Å². The molecule has 0 unspecified atom stereocenters. The highest BCUT2D eigenvalue weighted by atomic mass is 15.3. The number of hydrogen-bond acceptors (Lipinski definition) is 5. The van der Waals surface area contributed by atoms with Gasteiger partial charge in [0.1, 0.15) is 17.8 Å². The number of nitrogens with zero attached hydrogens (tertiary/aromatic N) is 4. The zero-order valence-corrected chi connectivity index (χ0v) is 14.5. The molecule has 0 fully saturated rings. The molecule has 0 radical (unpaired) electrons. The van der Waals surface area contributed by atoms with Gasteiger partial charge in [0.25, 0.3) is 0 Å². The molecule has 0 saturated heterocycles. The van der Waals surface area contributed by atoms with Crippen molar-refractivity contribution in [2.24, 2.45) is 0 Å². The Bertz CT molecular complexity index is 1100. The van der Waals surface area contributed by atoms with Crippen molar-refractivity contribution in [2.75, 3.05) is 11.5 Å². The molecule has 2 aromatic carbocycles. The second kappa shape index (κ2) is 5.17. The summed E-state index contributed by atoms with van der Waals surface area (Å²) in [6.07, 6.45) is 1.48. The molecular formula is C19H20N6. The van der Waals surface area contributed by atoms with E-state index >= 15 is 0 Å². The van der Waals surface area contributed by atoms with Crippen LogP contribution in [0.4, 0.5) is 11.5 Å². The Morgan fingerprint density at radius 1 is 0.920 bits per heavy atom. The fourth-order valence-corrected chi connectivity index (χ4v) is 3.16. The summed E-state index contributed by atoms with van der Waals surface area (Å²) in [5.41, 5.74) is 15.3. The quantitative estimate of drug-likeness (QED) is 0.520. The minimum absolute atomic E-state index is 0.235. The molecule has 0 bridgehead atoms. The number of nitrogens with two attached hydrogens (primary N) is 2. The molecule has 0 spiro atoms. The van der Waals surface area contributed by atoms with Gasteiger partial charge in [-0.3, -0.25) is 0 Å². The number of anilines is 2. The molecule has 126 valence electrons. The van der Waals surface area contributed by atoms with Gasteiger partial charge in [0.05, 0.1) is 10.9 Å². The molecule has 2 heterocycles. The maximum Gasteiger partial charge on any atom is 0.164 e. The molecule has 0 atom stereocenters. The fraction of sp³-hybridized carbons (Fsp3) is 0.211. The average Bonchev–Trinajstić information content (AvgIpc) is 2.97. The molecule has 0 amide bonds. The molecule has 0 aliphatic heterocycles. The molecule has 0 aliphatic carbocycles. The van der Waals surface area contributed by atoms with Gasteiger partial charge >= 0.3 is 0 Å². The van der Waals surface area contributed by atoms with Gasteiger partial charge in [-0.25, -0.2) is 14.6 Å². The number of hydrogen-bond donors (Lipinski definition) is 2. The van der Waals surface area contributed by atoms with Crippen LogP contribution in [0.25, 0.3) is 33.1 Å². The lowest BCUT2D eigenvalue weighted by atomic mass is 9.99. The fourth-order valence-electron chi connectivity index (χ4n) is 3.16. The Balaban J connectivity index is 2.15. The standard InChI is InChI=1S/C19H20N6/c1-19(2,3)25-18-15(17(21)22-10-23-18)16(24-25)13-8-9-14(20)12-7-5-4-6-11(12)13/h4-10H,20H2,1-3H3,(H2,21,22,23). The van der Waals surface area contributed by atoms with E-state index in [1.165, 1.54) is 6.33 Å². The summed E-state index contributed by atoms with van der Waals surface area (Å²) in [6, 6.07) is 11.9. The number of aromatic nitrogens is 4. The summed E-state index contributed by atoms with van der Waals surface area (Å²) in [7, 11) is 0. The summed E-state index contributed by atoms with van der Waals surface area (Å²) in [5.74, 6) is 0.427. The molecule has 0 saturated carbocycles. The van der Waals surface area contributed by atoms with E-state index in [-0.39, 0.29) is 5.54 Å². The summed E-state index contributed by atoms with van der Waals surface area (Å²) in [6.45, 7) is 6.26. The molecule has 4 N–H and O–H groups in total. The maximum atomic E-state index is 6.20. The SMILES string of the molecule is CC(C)(C)n1nc(-c2ccc(N)c3ccccc23)c2c(N)ncnc21. The van der Waals surface area contributed by atoms with E-state index in [0.717, 1.165) is 38.8 Å². The Labute approximate surface area is 145 Å². The van der Waals surface area contributed by atoms with Gasteiger partial charge < -0.3 is 11.5 Å². The molecule has 2 aromatic heterocycles. The first-order valence-corrected chi connectivity index (χ1v) is 8.15. The Kier molecular flexibility index (Phi) is 3.18. The topological polar surface area (TPSA) is 95.6 Å². The Hall–Kier alpha value is -3.15. The van der Waals surface area contributed by atoms with E-state index in [9.17, 15) is 0 Å². The van der Waals surface area contributed by atoms with Gasteiger partial charge in [-0.15, -0.1) is 0 Å². The van der Waals surface area contributed by atoms with Crippen LogP contribution in [0.15, 0.2) is 42.7 Å². The maximum absolute atomic E-state index is 6.20. The van der Waals surface area contributed by atoms with Crippen LogP contribution in [-0.4, -0.2) is 19.7 Å². The lowest BCUT2D eigenvalue weighted by Gasteiger charge is -2.19. The van der Waals surface area contributed by atoms with Gasteiger partial charge in [-0.1, -0.05) is 30.3 Å². The van der Waals surface area contributed by atoms with Crippen molar-refractivity contribution < 1.29 is 0 Å². The second-order valence-corrected chi connectivity index (χ2v) is 7.14. The molecule has 25 heavy (non-hydrogen) atoms. The van der Waals surface area contributed by atoms with Crippen LogP contribution in [0.1, 0.15) is 20.8 Å². The first-order chi connectivity index (χ1) is 11.9. The number of nitrogen functional groups attached to an aromatic ring is 2. The van der Waals surface area contributed by atoms with E-state index in [4.69, 9.17) is 16.6 Å². The number of fused-ring (bicyclic) bond motifs is 2. The highest BCUT2D eigenvalue weighted by Crippen LogP contribution is 2.37. The lowest BCUT2D eigenvalue weighted by molar-refractivity contribution is 0.367. The van der Waals surface area contributed by atoms with Crippen LogP contribution in [-0.2, 0) is 5.54 Å². The first-order valence-electron chi connectivity index (χ1n) is 8.15. The van der Waals surface area contributed by atoms with Crippen LogP contribution >= 0.6 is 0 Å². The third-order valence-corrected chi connectivity index (χ3v) is 4.34. The van der Waals surface area contributed by atoms with Crippen LogP contribution in [0, 0.1) is 0 Å². The minimum Gasteiger partial charge on any atom is -0.398 e. The molecule has 4 aromatic rings. The minimum atomic E-state index is -0.235. The monoisotopic (exact) mass is 332 g/mol. The smallest absolute Gasteiger partial charge is 0.164 e. The molecule has 4 rings (SSSR count). The largest absolute Gasteiger partial charge is 0.398 e. The van der Waals surface area contributed by atoms with Crippen LogP contribution in [0.2, 0.25) is 0 Å². The predicted octanol–water partition coefficient (Wildman–Crippen LogP) is 3.57. The Morgan fingerprint density at radius 3 is 2.36 bits per heavy atom. The first kappa shape index (κ1) is 15.4. The van der Waals surface area contributed by atoms with E-state index in [2.05, 4.69) is 30.7 Å². The zero-order valence-electron chi connectivity index (χ0n) is 14.5. The third-order valence-electron chi connectivity index (χ3n) is 4.34. The summed E-state index contributed by atoms with van der Waals surface area (Å²) >= 11 is 0. The number of rotatable bonds is 1.